The summed E-state index contributed by atoms with van der Waals surface area (Å²) in [5.41, 5.74) is 11.2. The highest BCUT2D eigenvalue weighted by atomic mass is 16.1. The van der Waals surface area contributed by atoms with Crippen LogP contribution in [0.1, 0.15) is 0 Å². The monoisotopic (exact) mass is 679 g/mol. The second-order valence-corrected chi connectivity index (χ2v) is 13.4. The van der Waals surface area contributed by atoms with E-state index in [1.165, 1.54) is 16.3 Å². The van der Waals surface area contributed by atoms with Gasteiger partial charge in [0.15, 0.2) is 5.82 Å². The molecule has 0 saturated carbocycles. The molecular weight excluding hydrogens is 651 g/mol. The molecule has 0 aliphatic carbocycles. The summed E-state index contributed by atoms with van der Waals surface area (Å²) in [5, 5.41) is 4.04. The Hall–Kier alpha value is -7.31. The molecule has 0 atom stereocenters. The molecule has 0 radical (unpaired) electrons. The van der Waals surface area contributed by atoms with Crippen molar-refractivity contribution < 1.29 is 0 Å². The van der Waals surface area contributed by atoms with Crippen LogP contribution in [0, 0.1) is 0 Å². The van der Waals surface area contributed by atoms with Gasteiger partial charge in [-0.15, -0.1) is 0 Å². The number of para-hydroxylation sites is 5. The fourth-order valence-electron chi connectivity index (χ4n) is 8.02. The van der Waals surface area contributed by atoms with Crippen LogP contribution in [0.2, 0.25) is 0 Å². The Kier molecular flexibility index (Phi) is 6.30. The van der Waals surface area contributed by atoms with Crippen molar-refractivity contribution in [2.45, 2.75) is 0 Å². The molecule has 4 aromatic heterocycles. The van der Waals surface area contributed by atoms with E-state index in [0.29, 0.717) is 16.9 Å². The van der Waals surface area contributed by atoms with E-state index in [1.54, 1.807) is 4.57 Å². The van der Waals surface area contributed by atoms with Crippen molar-refractivity contribution in [1.29, 1.82) is 0 Å². The van der Waals surface area contributed by atoms with Gasteiger partial charge in [0.1, 0.15) is 11.3 Å². The lowest BCUT2D eigenvalue weighted by Crippen LogP contribution is -2.23. The molecule has 11 aromatic rings. The summed E-state index contributed by atoms with van der Waals surface area (Å²) >= 11 is 0. The first-order valence-electron chi connectivity index (χ1n) is 17.7. The Balaban J connectivity index is 1.17. The van der Waals surface area contributed by atoms with Gasteiger partial charge in [0.05, 0.1) is 38.5 Å². The van der Waals surface area contributed by atoms with E-state index in [-0.39, 0.29) is 5.56 Å². The molecule has 0 N–H and O–H groups in total. The first-order valence-corrected chi connectivity index (χ1v) is 17.7. The van der Waals surface area contributed by atoms with Gasteiger partial charge >= 0.3 is 0 Å². The van der Waals surface area contributed by atoms with E-state index in [2.05, 4.69) is 106 Å². The van der Waals surface area contributed by atoms with Gasteiger partial charge in [-0.25, -0.2) is 14.5 Å². The largest absolute Gasteiger partial charge is 0.309 e. The summed E-state index contributed by atoms with van der Waals surface area (Å²) in [6, 6.07) is 60.2. The van der Waals surface area contributed by atoms with Crippen molar-refractivity contribution in [2.75, 3.05) is 0 Å². The van der Waals surface area contributed by atoms with E-state index >= 15 is 0 Å². The van der Waals surface area contributed by atoms with E-state index in [0.717, 1.165) is 61.0 Å². The molecule has 53 heavy (non-hydrogen) atoms. The van der Waals surface area contributed by atoms with Crippen LogP contribution in [-0.2, 0) is 0 Å². The molecule has 0 saturated heterocycles. The summed E-state index contributed by atoms with van der Waals surface area (Å²) < 4.78 is 6.26. The topological polar surface area (TPSA) is 57.1 Å². The van der Waals surface area contributed by atoms with Crippen LogP contribution in [-0.4, -0.2) is 23.5 Å². The average molecular weight is 680 g/mol. The van der Waals surface area contributed by atoms with Gasteiger partial charge in [-0.2, -0.15) is 0 Å². The Labute approximate surface area is 303 Å². The lowest BCUT2D eigenvalue weighted by atomic mass is 10.0. The number of hydrogen-bond donors (Lipinski definition) is 0. The number of fused-ring (bicyclic) bond motifs is 9. The van der Waals surface area contributed by atoms with Gasteiger partial charge in [0, 0.05) is 27.4 Å². The van der Waals surface area contributed by atoms with Crippen LogP contribution in [0.4, 0.5) is 0 Å². The Morgan fingerprint density at radius 2 is 1.02 bits per heavy atom. The van der Waals surface area contributed by atoms with Gasteiger partial charge in [-0.1, -0.05) is 103 Å². The van der Waals surface area contributed by atoms with Crippen LogP contribution in [0.15, 0.2) is 181 Å². The number of rotatable bonds is 4. The van der Waals surface area contributed by atoms with Crippen molar-refractivity contribution in [2.24, 2.45) is 0 Å². The highest BCUT2D eigenvalue weighted by Crippen LogP contribution is 2.37. The van der Waals surface area contributed by atoms with Gasteiger partial charge in [0.25, 0.3) is 5.56 Å². The fraction of sp³-hybridized carbons (Fsp3) is 0. The van der Waals surface area contributed by atoms with Crippen molar-refractivity contribution in [3.8, 4) is 33.9 Å². The molecule has 6 heteroatoms. The second kappa shape index (κ2) is 11.4. The summed E-state index contributed by atoms with van der Waals surface area (Å²) in [5.74, 6) is 0.499. The molecule has 4 heterocycles. The van der Waals surface area contributed by atoms with Crippen LogP contribution < -0.4 is 5.56 Å². The highest BCUT2D eigenvalue weighted by molar-refractivity contribution is 6.10. The molecular formula is C47H29N5O. The third-order valence-corrected chi connectivity index (χ3v) is 10.4. The third-order valence-electron chi connectivity index (χ3n) is 10.4. The molecule has 0 unspecified atom stereocenters. The first kappa shape index (κ1) is 29.4. The van der Waals surface area contributed by atoms with Crippen LogP contribution >= 0.6 is 0 Å². The standard InChI is InChI=1S/C47H29N5O/c53-47-36-18-8-12-22-42(36)51-40-25-23-31(32-24-26-43-37(28-32)35-17-7-11-21-41(35)50(43)34-15-5-2-6-16-34)27-33(40)29-44(51)52(47)46-45(30-13-3-1-4-14-30)48-38-19-9-10-20-39(38)49-46/h1-29H. The van der Waals surface area contributed by atoms with Crippen LogP contribution in [0.25, 0.3) is 94.2 Å². The molecule has 7 aromatic carbocycles. The maximum atomic E-state index is 14.6. The van der Waals surface area contributed by atoms with Gasteiger partial charge in [0.2, 0.25) is 0 Å². The van der Waals surface area contributed by atoms with Gasteiger partial charge < -0.3 is 4.57 Å². The molecule has 0 aliphatic heterocycles. The zero-order chi connectivity index (χ0) is 35.0. The first-order chi connectivity index (χ1) is 26.2. The Morgan fingerprint density at radius 1 is 0.415 bits per heavy atom. The number of aromatic nitrogens is 5. The smallest absolute Gasteiger partial charge is 0.267 e. The number of hydrogen-bond acceptors (Lipinski definition) is 3. The predicted molar refractivity (Wildman–Crippen MR) is 216 cm³/mol. The summed E-state index contributed by atoms with van der Waals surface area (Å²) in [7, 11) is 0. The highest BCUT2D eigenvalue weighted by Gasteiger charge is 2.21. The van der Waals surface area contributed by atoms with Crippen molar-refractivity contribution >= 4 is 60.3 Å². The SMILES string of the molecule is O=c1c2ccccc2n2c3ccc(-c4ccc5c(c4)c4ccccc4n5-c4ccccc4)cc3cc2n1-c1nc2ccccc2nc1-c1ccccc1. The molecule has 0 amide bonds. The normalized spacial score (nSPS) is 11.8. The minimum atomic E-state index is -0.141. The van der Waals surface area contributed by atoms with Crippen LogP contribution in [0.3, 0.4) is 0 Å². The van der Waals surface area contributed by atoms with E-state index in [9.17, 15) is 4.79 Å². The molecule has 6 nitrogen and oxygen atoms in total. The maximum absolute atomic E-state index is 14.6. The molecule has 248 valence electrons. The van der Waals surface area contributed by atoms with Crippen LogP contribution in [0.5, 0.6) is 0 Å². The van der Waals surface area contributed by atoms with Crippen molar-refractivity contribution in [1.82, 2.24) is 23.5 Å². The molecule has 0 bridgehead atoms. The predicted octanol–water partition coefficient (Wildman–Crippen LogP) is 10.8. The summed E-state index contributed by atoms with van der Waals surface area (Å²) in [6.07, 6.45) is 0. The van der Waals surface area contributed by atoms with Gasteiger partial charge in [-0.3, -0.25) is 9.20 Å². The molecule has 0 fully saturated rings. The third kappa shape index (κ3) is 4.42. The maximum Gasteiger partial charge on any atom is 0.267 e. The Morgan fingerprint density at radius 3 is 1.81 bits per heavy atom. The molecule has 0 spiro atoms. The van der Waals surface area contributed by atoms with E-state index < -0.39 is 0 Å². The minimum Gasteiger partial charge on any atom is -0.309 e. The zero-order valence-corrected chi connectivity index (χ0v) is 28.4. The quantitative estimate of drug-likeness (QED) is 0.186. The second-order valence-electron chi connectivity index (χ2n) is 13.4. The van der Waals surface area contributed by atoms with Crippen molar-refractivity contribution in [3.05, 3.63) is 186 Å². The lowest BCUT2D eigenvalue weighted by Gasteiger charge is -2.15. The fourth-order valence-corrected chi connectivity index (χ4v) is 8.02. The van der Waals surface area contributed by atoms with Crippen molar-refractivity contribution in [3.63, 3.8) is 0 Å². The average Bonchev–Trinajstić information content (AvgIpc) is 3.77. The lowest BCUT2D eigenvalue weighted by molar-refractivity contribution is 0.962. The zero-order valence-electron chi connectivity index (χ0n) is 28.4. The van der Waals surface area contributed by atoms with E-state index in [1.807, 2.05) is 78.9 Å². The number of nitrogens with zero attached hydrogens (tertiary/aromatic N) is 5. The van der Waals surface area contributed by atoms with E-state index in [4.69, 9.17) is 9.97 Å². The minimum absolute atomic E-state index is 0.141. The van der Waals surface area contributed by atoms with Gasteiger partial charge in [-0.05, 0) is 83.9 Å². The summed E-state index contributed by atoms with van der Waals surface area (Å²) in [4.78, 5) is 24.9. The number of benzene rings is 7. The molecule has 0 aliphatic rings. The Bertz CT molecular complexity index is 3300. The summed E-state index contributed by atoms with van der Waals surface area (Å²) in [6.45, 7) is 0. The molecule has 11 rings (SSSR count).